The Morgan fingerprint density at radius 2 is 2.20 bits per heavy atom. The van der Waals surface area contributed by atoms with Gasteiger partial charge >= 0.3 is 0 Å². The molecule has 108 valence electrons. The van der Waals surface area contributed by atoms with Gasteiger partial charge in [-0.2, -0.15) is 5.26 Å². The van der Waals surface area contributed by atoms with Crippen LogP contribution >= 0.6 is 11.8 Å². The molecule has 1 N–H and O–H groups in total. The van der Waals surface area contributed by atoms with Crippen LogP contribution in [0.15, 0.2) is 29.2 Å². The van der Waals surface area contributed by atoms with E-state index >= 15 is 0 Å². The third-order valence-electron chi connectivity index (χ3n) is 2.63. The number of benzene rings is 1. The summed E-state index contributed by atoms with van der Waals surface area (Å²) in [6.45, 7) is 1.01. The molecule has 20 heavy (non-hydrogen) atoms. The number of methoxy groups -OCH3 is 1. The minimum absolute atomic E-state index is 0.0943. The first-order chi connectivity index (χ1) is 9.74. The Morgan fingerprint density at radius 1 is 1.45 bits per heavy atom. The first-order valence-electron chi connectivity index (χ1n) is 6.22. The van der Waals surface area contributed by atoms with Crippen molar-refractivity contribution in [1.82, 2.24) is 4.90 Å². The Bertz CT molecular complexity index is 474. The second kappa shape index (κ2) is 9.37. The van der Waals surface area contributed by atoms with Crippen molar-refractivity contribution in [3.63, 3.8) is 0 Å². The van der Waals surface area contributed by atoms with Crippen LogP contribution in [-0.4, -0.2) is 55.1 Å². The lowest BCUT2D eigenvalue weighted by atomic mass is 10.2. The highest BCUT2D eigenvalue weighted by molar-refractivity contribution is 7.99. The number of carbonyl (C=O) groups excluding carboxylic acids is 1. The highest BCUT2D eigenvalue weighted by Gasteiger charge is 2.18. The highest BCUT2D eigenvalue weighted by Crippen LogP contribution is 2.23. The van der Waals surface area contributed by atoms with Gasteiger partial charge in [0, 0.05) is 25.1 Å². The number of aliphatic hydroxyl groups is 1. The average Bonchev–Trinajstić information content (AvgIpc) is 2.49. The molecule has 0 spiro atoms. The normalized spacial score (nSPS) is 10.1. The summed E-state index contributed by atoms with van der Waals surface area (Å²) >= 11 is 1.33. The van der Waals surface area contributed by atoms with Gasteiger partial charge in [0.25, 0.3) is 5.91 Å². The Hall–Kier alpha value is -1.55. The molecule has 6 heteroatoms. The van der Waals surface area contributed by atoms with Gasteiger partial charge in [0.05, 0.1) is 30.6 Å². The number of hydrogen-bond donors (Lipinski definition) is 1. The van der Waals surface area contributed by atoms with E-state index in [9.17, 15) is 4.79 Å². The van der Waals surface area contributed by atoms with Crippen molar-refractivity contribution in [1.29, 1.82) is 5.26 Å². The van der Waals surface area contributed by atoms with E-state index in [0.29, 0.717) is 24.5 Å². The van der Waals surface area contributed by atoms with Gasteiger partial charge in [0.2, 0.25) is 0 Å². The zero-order valence-electron chi connectivity index (χ0n) is 11.4. The topological polar surface area (TPSA) is 73.6 Å². The number of nitriles is 1. The van der Waals surface area contributed by atoms with Crippen LogP contribution in [0.2, 0.25) is 0 Å². The van der Waals surface area contributed by atoms with Crippen molar-refractivity contribution in [2.45, 2.75) is 4.90 Å². The fraction of sp³-hybridized carbons (Fsp3) is 0.429. The van der Waals surface area contributed by atoms with E-state index in [1.807, 2.05) is 18.2 Å². The van der Waals surface area contributed by atoms with Crippen LogP contribution in [0.4, 0.5) is 0 Å². The minimum atomic E-state index is -0.155. The minimum Gasteiger partial charge on any atom is -0.395 e. The molecule has 1 aromatic carbocycles. The van der Waals surface area contributed by atoms with Gasteiger partial charge in [-0.25, -0.2) is 0 Å². The van der Waals surface area contributed by atoms with Crippen molar-refractivity contribution in [2.75, 3.05) is 39.2 Å². The highest BCUT2D eigenvalue weighted by atomic mass is 32.2. The lowest BCUT2D eigenvalue weighted by Gasteiger charge is -2.22. The fourth-order valence-corrected chi connectivity index (χ4v) is 2.39. The maximum Gasteiger partial charge on any atom is 0.255 e. The third kappa shape index (κ3) is 4.85. The number of nitrogens with zero attached hydrogens (tertiary/aromatic N) is 2. The molecule has 1 amide bonds. The zero-order chi connectivity index (χ0) is 14.8. The predicted octanol–water partition coefficient (Wildman–Crippen LogP) is 1.38. The predicted molar refractivity (Wildman–Crippen MR) is 77.6 cm³/mol. The molecule has 0 aliphatic rings. The zero-order valence-corrected chi connectivity index (χ0v) is 12.2. The van der Waals surface area contributed by atoms with Gasteiger partial charge in [-0.3, -0.25) is 4.79 Å². The van der Waals surface area contributed by atoms with Gasteiger partial charge in [-0.05, 0) is 12.1 Å². The second-order valence-electron chi connectivity index (χ2n) is 3.95. The number of ether oxygens (including phenoxy) is 1. The van der Waals surface area contributed by atoms with Gasteiger partial charge < -0.3 is 14.7 Å². The van der Waals surface area contributed by atoms with Crippen LogP contribution in [0.5, 0.6) is 0 Å². The number of thioether (sulfide) groups is 1. The molecule has 0 heterocycles. The van der Waals surface area contributed by atoms with E-state index in [0.717, 1.165) is 4.90 Å². The summed E-state index contributed by atoms with van der Waals surface area (Å²) in [6.07, 6.45) is 0. The molecule has 1 aromatic rings. The monoisotopic (exact) mass is 294 g/mol. The Labute approximate surface area is 123 Å². The molecule has 0 saturated carbocycles. The summed E-state index contributed by atoms with van der Waals surface area (Å²) in [7, 11) is 1.57. The lowest BCUT2D eigenvalue weighted by Crippen LogP contribution is -2.36. The summed E-state index contributed by atoms with van der Waals surface area (Å²) in [6, 6.07) is 9.23. The van der Waals surface area contributed by atoms with Crippen LogP contribution in [0.3, 0.4) is 0 Å². The van der Waals surface area contributed by atoms with Crippen LogP contribution in [0.25, 0.3) is 0 Å². The number of carbonyl (C=O) groups is 1. The molecular weight excluding hydrogens is 276 g/mol. The molecule has 0 unspecified atom stereocenters. The molecule has 1 rings (SSSR count). The molecule has 0 aromatic heterocycles. The smallest absolute Gasteiger partial charge is 0.255 e. The van der Waals surface area contributed by atoms with E-state index < -0.39 is 0 Å². The largest absolute Gasteiger partial charge is 0.395 e. The molecule has 0 radical (unpaired) electrons. The van der Waals surface area contributed by atoms with E-state index in [4.69, 9.17) is 15.1 Å². The second-order valence-corrected chi connectivity index (χ2v) is 4.97. The fourth-order valence-electron chi connectivity index (χ4n) is 1.69. The first-order valence-corrected chi connectivity index (χ1v) is 7.21. The molecule has 0 saturated heterocycles. The Morgan fingerprint density at radius 3 is 2.85 bits per heavy atom. The summed E-state index contributed by atoms with van der Waals surface area (Å²) in [5, 5.41) is 17.7. The summed E-state index contributed by atoms with van der Waals surface area (Å²) in [5.41, 5.74) is 0.553. The van der Waals surface area contributed by atoms with Crippen molar-refractivity contribution >= 4 is 17.7 Å². The molecule has 0 fully saturated rings. The maximum absolute atomic E-state index is 12.5. The standard InChI is InChI=1S/C14H18N2O3S/c1-19-10-8-16(7-9-17)14(18)12-4-2-3-5-13(12)20-11-6-15/h2-5,17H,7-11H2,1H3. The number of amides is 1. The van der Waals surface area contributed by atoms with Crippen LogP contribution in [-0.2, 0) is 4.74 Å². The maximum atomic E-state index is 12.5. The van der Waals surface area contributed by atoms with Crippen molar-refractivity contribution in [3.05, 3.63) is 29.8 Å². The van der Waals surface area contributed by atoms with Crippen LogP contribution in [0, 0.1) is 11.3 Å². The number of hydrogen-bond acceptors (Lipinski definition) is 5. The van der Waals surface area contributed by atoms with Crippen molar-refractivity contribution < 1.29 is 14.6 Å². The molecule has 5 nitrogen and oxygen atoms in total. The molecule has 0 atom stereocenters. The van der Waals surface area contributed by atoms with E-state index in [1.165, 1.54) is 11.8 Å². The van der Waals surface area contributed by atoms with Crippen molar-refractivity contribution in [3.8, 4) is 6.07 Å². The van der Waals surface area contributed by atoms with E-state index in [-0.39, 0.29) is 19.1 Å². The molecule has 0 aliphatic carbocycles. The van der Waals surface area contributed by atoms with Gasteiger partial charge in [-0.15, -0.1) is 11.8 Å². The Kier molecular flexibility index (Phi) is 7.73. The van der Waals surface area contributed by atoms with E-state index in [1.54, 1.807) is 24.1 Å². The van der Waals surface area contributed by atoms with Crippen molar-refractivity contribution in [2.24, 2.45) is 0 Å². The molecule has 0 bridgehead atoms. The summed E-state index contributed by atoms with van der Waals surface area (Å²) in [4.78, 5) is 14.8. The molecular formula is C14H18N2O3S. The SMILES string of the molecule is COCCN(CCO)C(=O)c1ccccc1SCC#N. The quantitative estimate of drug-likeness (QED) is 0.733. The average molecular weight is 294 g/mol. The van der Waals surface area contributed by atoms with Gasteiger partial charge in [-0.1, -0.05) is 12.1 Å². The third-order valence-corrected chi connectivity index (χ3v) is 3.57. The van der Waals surface area contributed by atoms with Gasteiger partial charge in [0.15, 0.2) is 0 Å². The van der Waals surface area contributed by atoms with Gasteiger partial charge in [0.1, 0.15) is 0 Å². The Balaban J connectivity index is 2.90. The lowest BCUT2D eigenvalue weighted by molar-refractivity contribution is 0.0653. The first kappa shape index (κ1) is 16.5. The van der Waals surface area contributed by atoms with E-state index in [2.05, 4.69) is 0 Å². The van der Waals surface area contributed by atoms with Crippen LogP contribution in [0.1, 0.15) is 10.4 Å². The summed E-state index contributed by atoms with van der Waals surface area (Å²) in [5.74, 6) is 0.139. The number of aliphatic hydroxyl groups excluding tert-OH is 1. The van der Waals surface area contributed by atoms with Crippen LogP contribution < -0.4 is 0 Å². The molecule has 0 aliphatic heterocycles. The number of rotatable bonds is 8. The summed E-state index contributed by atoms with van der Waals surface area (Å²) < 4.78 is 4.98.